The lowest BCUT2D eigenvalue weighted by molar-refractivity contribution is -0.125. The van der Waals surface area contributed by atoms with E-state index in [1.165, 1.54) is 51.5 Å². The van der Waals surface area contributed by atoms with E-state index in [-0.39, 0.29) is 0 Å². The van der Waals surface area contributed by atoms with Crippen molar-refractivity contribution in [3.05, 3.63) is 0 Å². The molecule has 2 saturated carbocycles. The summed E-state index contributed by atoms with van der Waals surface area (Å²) >= 11 is 0. The number of nitrogens with one attached hydrogen (secondary N) is 2. The van der Waals surface area contributed by atoms with E-state index in [4.69, 9.17) is 9.73 Å². The van der Waals surface area contributed by atoms with Crippen LogP contribution in [-0.2, 0) is 4.74 Å². The average Bonchev–Trinajstić information content (AvgIpc) is 3.32. The van der Waals surface area contributed by atoms with Gasteiger partial charge >= 0.3 is 0 Å². The molecule has 0 bridgehead atoms. The van der Waals surface area contributed by atoms with Crippen molar-refractivity contribution >= 4 is 5.96 Å². The van der Waals surface area contributed by atoms with Crippen LogP contribution in [-0.4, -0.2) is 61.8 Å². The zero-order valence-electron chi connectivity index (χ0n) is 18.1. The van der Waals surface area contributed by atoms with Crippen LogP contribution in [0.15, 0.2) is 4.99 Å². The zero-order valence-corrected chi connectivity index (χ0v) is 18.1. The number of fused-ring (bicyclic) bond motifs is 2. The van der Waals surface area contributed by atoms with E-state index in [9.17, 15) is 0 Å². The van der Waals surface area contributed by atoms with E-state index in [2.05, 4.69) is 43.2 Å². The lowest BCUT2D eigenvalue weighted by Crippen LogP contribution is -2.69. The summed E-state index contributed by atoms with van der Waals surface area (Å²) in [4.78, 5) is 7.28. The standard InChI is InChI=1S/C22H42N4O/c1-5-23-21(24-17(4)11-10-15-26(6-2)7-3)25-19-18-12-16-27-20(18)22(19)13-8-9-14-22/h17-20H,5-16H2,1-4H3,(H2,23,24,25). The maximum absolute atomic E-state index is 6.13. The zero-order chi connectivity index (χ0) is 19.3. The van der Waals surface area contributed by atoms with E-state index in [0.717, 1.165) is 32.2 Å². The van der Waals surface area contributed by atoms with E-state index in [1.807, 2.05) is 0 Å². The highest BCUT2D eigenvalue weighted by Crippen LogP contribution is 2.60. The van der Waals surface area contributed by atoms with Crippen molar-refractivity contribution in [1.82, 2.24) is 15.5 Å². The summed E-state index contributed by atoms with van der Waals surface area (Å²) in [5.41, 5.74) is 0.378. The van der Waals surface area contributed by atoms with Gasteiger partial charge in [-0.2, -0.15) is 0 Å². The Balaban J connectivity index is 1.52. The van der Waals surface area contributed by atoms with Crippen LogP contribution in [0.3, 0.4) is 0 Å². The third-order valence-corrected chi connectivity index (χ3v) is 7.28. The first kappa shape index (κ1) is 20.9. The number of ether oxygens (including phenoxy) is 1. The molecule has 2 aliphatic carbocycles. The van der Waals surface area contributed by atoms with Gasteiger partial charge in [-0.15, -0.1) is 0 Å². The van der Waals surface area contributed by atoms with E-state index in [0.29, 0.717) is 29.5 Å². The van der Waals surface area contributed by atoms with Crippen molar-refractivity contribution < 1.29 is 4.74 Å². The lowest BCUT2D eigenvalue weighted by Gasteiger charge is -2.57. The molecular weight excluding hydrogens is 336 g/mol. The minimum absolute atomic E-state index is 0.378. The third-order valence-electron chi connectivity index (χ3n) is 7.28. The lowest BCUT2D eigenvalue weighted by atomic mass is 9.54. The molecule has 4 unspecified atom stereocenters. The second kappa shape index (κ2) is 9.60. The molecule has 1 heterocycles. The normalized spacial score (nSPS) is 30.4. The quantitative estimate of drug-likeness (QED) is 0.477. The van der Waals surface area contributed by atoms with Crippen LogP contribution in [0.5, 0.6) is 0 Å². The molecule has 5 nitrogen and oxygen atoms in total. The molecular formula is C22H42N4O. The minimum Gasteiger partial charge on any atom is -0.377 e. The van der Waals surface area contributed by atoms with Gasteiger partial charge in [-0.05, 0) is 65.6 Å². The summed E-state index contributed by atoms with van der Waals surface area (Å²) in [6.45, 7) is 14.2. The van der Waals surface area contributed by atoms with Crippen LogP contribution in [0.4, 0.5) is 0 Å². The molecule has 1 aliphatic heterocycles. The van der Waals surface area contributed by atoms with Crippen molar-refractivity contribution in [2.75, 3.05) is 32.8 Å². The topological polar surface area (TPSA) is 48.9 Å². The first-order valence-corrected chi connectivity index (χ1v) is 11.6. The molecule has 3 rings (SSSR count). The van der Waals surface area contributed by atoms with E-state index in [1.54, 1.807) is 0 Å². The fourth-order valence-electron chi connectivity index (χ4n) is 5.81. The molecule has 3 fully saturated rings. The smallest absolute Gasteiger partial charge is 0.191 e. The highest BCUT2D eigenvalue weighted by molar-refractivity contribution is 5.80. The van der Waals surface area contributed by atoms with Gasteiger partial charge in [0.15, 0.2) is 5.96 Å². The molecule has 1 saturated heterocycles. The molecule has 27 heavy (non-hydrogen) atoms. The molecule has 1 spiro atoms. The predicted molar refractivity (Wildman–Crippen MR) is 113 cm³/mol. The van der Waals surface area contributed by atoms with Crippen LogP contribution in [0.25, 0.3) is 0 Å². The van der Waals surface area contributed by atoms with E-state index >= 15 is 0 Å². The Kier molecular flexibility index (Phi) is 7.43. The van der Waals surface area contributed by atoms with Crippen LogP contribution in [0, 0.1) is 11.3 Å². The molecule has 0 amide bonds. The van der Waals surface area contributed by atoms with Gasteiger partial charge in [0.05, 0.1) is 6.10 Å². The van der Waals surface area contributed by atoms with Crippen molar-refractivity contribution in [3.8, 4) is 0 Å². The fraction of sp³-hybridized carbons (Fsp3) is 0.955. The highest BCUT2D eigenvalue weighted by Gasteiger charge is 2.65. The van der Waals surface area contributed by atoms with Crippen molar-refractivity contribution in [2.45, 2.75) is 90.8 Å². The fourth-order valence-corrected chi connectivity index (χ4v) is 5.81. The Bertz CT molecular complexity index is 485. The maximum Gasteiger partial charge on any atom is 0.191 e. The van der Waals surface area contributed by atoms with E-state index < -0.39 is 0 Å². The molecule has 2 N–H and O–H groups in total. The van der Waals surface area contributed by atoms with Gasteiger partial charge in [-0.25, -0.2) is 0 Å². The number of rotatable bonds is 9. The monoisotopic (exact) mass is 378 g/mol. The Morgan fingerprint density at radius 1 is 1.22 bits per heavy atom. The van der Waals surface area contributed by atoms with Gasteiger partial charge in [-0.3, -0.25) is 4.99 Å². The van der Waals surface area contributed by atoms with Gasteiger partial charge in [0, 0.05) is 36.6 Å². The Labute approximate surface area is 166 Å². The molecule has 0 aromatic rings. The second-order valence-corrected chi connectivity index (χ2v) is 8.84. The number of hydrogen-bond donors (Lipinski definition) is 2. The van der Waals surface area contributed by atoms with Crippen LogP contribution < -0.4 is 10.6 Å². The highest BCUT2D eigenvalue weighted by atomic mass is 16.5. The summed E-state index contributed by atoms with van der Waals surface area (Å²) in [5, 5.41) is 7.55. The average molecular weight is 379 g/mol. The molecule has 4 atom stereocenters. The van der Waals surface area contributed by atoms with Gasteiger partial charge in [0.2, 0.25) is 0 Å². The first-order valence-electron chi connectivity index (χ1n) is 11.6. The molecule has 5 heteroatoms. The second-order valence-electron chi connectivity index (χ2n) is 8.84. The number of nitrogens with zero attached hydrogens (tertiary/aromatic N) is 2. The van der Waals surface area contributed by atoms with Crippen molar-refractivity contribution in [2.24, 2.45) is 16.3 Å². The van der Waals surface area contributed by atoms with Crippen molar-refractivity contribution in [1.29, 1.82) is 0 Å². The largest absolute Gasteiger partial charge is 0.377 e. The van der Waals surface area contributed by atoms with Crippen molar-refractivity contribution in [3.63, 3.8) is 0 Å². The number of guanidine groups is 1. The Morgan fingerprint density at radius 3 is 2.63 bits per heavy atom. The minimum atomic E-state index is 0.378. The van der Waals surface area contributed by atoms with Crippen LogP contribution >= 0.6 is 0 Å². The number of aliphatic imine (C=N–C) groups is 1. The summed E-state index contributed by atoms with van der Waals surface area (Å²) in [5.74, 6) is 1.71. The Morgan fingerprint density at radius 2 is 1.96 bits per heavy atom. The van der Waals surface area contributed by atoms with Gasteiger partial charge < -0.3 is 20.3 Å². The molecule has 0 aromatic heterocycles. The predicted octanol–water partition coefficient (Wildman–Crippen LogP) is 3.40. The Hall–Kier alpha value is -0.810. The van der Waals surface area contributed by atoms with Gasteiger partial charge in [-0.1, -0.05) is 26.7 Å². The molecule has 0 radical (unpaired) electrons. The molecule has 156 valence electrons. The SMILES string of the molecule is CCN=C(NC(C)CCCN(CC)CC)NC1C2CCOC2C12CCCC2. The van der Waals surface area contributed by atoms with Crippen LogP contribution in [0.2, 0.25) is 0 Å². The molecule has 3 aliphatic rings. The first-order chi connectivity index (χ1) is 13.1. The summed E-state index contributed by atoms with van der Waals surface area (Å²) in [6.07, 6.45) is 9.51. The maximum atomic E-state index is 6.13. The van der Waals surface area contributed by atoms with Gasteiger partial charge in [0.25, 0.3) is 0 Å². The summed E-state index contributed by atoms with van der Waals surface area (Å²) in [7, 11) is 0. The van der Waals surface area contributed by atoms with Crippen LogP contribution in [0.1, 0.15) is 72.6 Å². The summed E-state index contributed by atoms with van der Waals surface area (Å²) < 4.78 is 6.13. The molecule has 0 aromatic carbocycles. The number of hydrogen-bond acceptors (Lipinski definition) is 3. The summed E-state index contributed by atoms with van der Waals surface area (Å²) in [6, 6.07) is 1.00. The van der Waals surface area contributed by atoms with Gasteiger partial charge in [0.1, 0.15) is 0 Å². The third kappa shape index (κ3) is 4.45.